The molecule has 0 spiro atoms. The van der Waals surface area contributed by atoms with Gasteiger partial charge < -0.3 is 14.8 Å². The minimum atomic E-state index is -0.864. The van der Waals surface area contributed by atoms with E-state index in [1.54, 1.807) is 6.26 Å². The summed E-state index contributed by atoms with van der Waals surface area (Å²) in [5.74, 6) is -1.02. The highest BCUT2D eigenvalue weighted by atomic mass is 16.4. The first-order valence-electron chi connectivity index (χ1n) is 6.50. The van der Waals surface area contributed by atoms with Crippen LogP contribution >= 0.6 is 0 Å². The second kappa shape index (κ2) is 6.23. The maximum Gasteiger partial charge on any atom is 0.303 e. The number of fused-ring (bicyclic) bond motifs is 1. The van der Waals surface area contributed by atoms with Crippen molar-refractivity contribution >= 4 is 22.8 Å². The number of amides is 1. The van der Waals surface area contributed by atoms with Crippen molar-refractivity contribution in [2.45, 2.75) is 32.2 Å². The summed E-state index contributed by atoms with van der Waals surface area (Å²) in [6.45, 7) is 1.43. The molecule has 1 unspecified atom stereocenters. The number of para-hydroxylation sites is 1. The molecule has 1 atom stereocenters. The zero-order valence-electron chi connectivity index (χ0n) is 11.3. The first-order valence-corrected chi connectivity index (χ1v) is 6.50. The molecule has 0 aliphatic carbocycles. The molecule has 0 saturated heterocycles. The topological polar surface area (TPSA) is 79.5 Å². The van der Waals surface area contributed by atoms with E-state index in [0.717, 1.165) is 16.5 Å². The lowest BCUT2D eigenvalue weighted by atomic mass is 10.0. The van der Waals surface area contributed by atoms with Crippen molar-refractivity contribution in [2.75, 3.05) is 0 Å². The zero-order valence-corrected chi connectivity index (χ0v) is 11.3. The van der Waals surface area contributed by atoms with E-state index in [-0.39, 0.29) is 18.4 Å². The minimum Gasteiger partial charge on any atom is -0.481 e. The Morgan fingerprint density at radius 3 is 2.80 bits per heavy atom. The van der Waals surface area contributed by atoms with E-state index >= 15 is 0 Å². The van der Waals surface area contributed by atoms with Crippen molar-refractivity contribution in [3.05, 3.63) is 36.1 Å². The van der Waals surface area contributed by atoms with E-state index in [9.17, 15) is 9.59 Å². The molecule has 2 rings (SSSR count). The summed E-state index contributed by atoms with van der Waals surface area (Å²) >= 11 is 0. The van der Waals surface area contributed by atoms with Crippen molar-refractivity contribution < 1.29 is 19.1 Å². The van der Waals surface area contributed by atoms with Gasteiger partial charge in [-0.3, -0.25) is 9.59 Å². The summed E-state index contributed by atoms with van der Waals surface area (Å²) in [6, 6.07) is 7.45. The van der Waals surface area contributed by atoms with Gasteiger partial charge in [-0.1, -0.05) is 18.2 Å². The summed E-state index contributed by atoms with van der Waals surface area (Å²) in [4.78, 5) is 21.9. The van der Waals surface area contributed by atoms with Crippen molar-refractivity contribution in [3.63, 3.8) is 0 Å². The molecule has 0 bridgehead atoms. The Kier molecular flexibility index (Phi) is 4.40. The molecule has 5 nitrogen and oxygen atoms in total. The quantitative estimate of drug-likeness (QED) is 0.848. The largest absolute Gasteiger partial charge is 0.481 e. The molecule has 0 aliphatic rings. The normalized spacial score (nSPS) is 12.2. The van der Waals surface area contributed by atoms with Crippen LogP contribution in [-0.4, -0.2) is 23.0 Å². The molecule has 1 heterocycles. The highest BCUT2D eigenvalue weighted by Crippen LogP contribution is 2.22. The third kappa shape index (κ3) is 3.60. The molecule has 106 valence electrons. The van der Waals surface area contributed by atoms with Gasteiger partial charge in [0.2, 0.25) is 5.91 Å². The Hall–Kier alpha value is -2.30. The number of benzene rings is 1. The van der Waals surface area contributed by atoms with Crippen LogP contribution in [0.5, 0.6) is 0 Å². The van der Waals surface area contributed by atoms with Crippen LogP contribution in [0.15, 0.2) is 34.9 Å². The van der Waals surface area contributed by atoms with Crippen molar-refractivity contribution in [3.8, 4) is 0 Å². The van der Waals surface area contributed by atoms with Crippen LogP contribution in [0.25, 0.3) is 11.0 Å². The van der Waals surface area contributed by atoms with Gasteiger partial charge in [0, 0.05) is 30.3 Å². The van der Waals surface area contributed by atoms with E-state index in [1.165, 1.54) is 6.92 Å². The summed E-state index contributed by atoms with van der Waals surface area (Å²) in [5.41, 5.74) is 1.77. The molecule has 2 N–H and O–H groups in total. The molecule has 1 amide bonds. The fourth-order valence-corrected chi connectivity index (χ4v) is 2.27. The van der Waals surface area contributed by atoms with Gasteiger partial charge in [-0.25, -0.2) is 0 Å². The number of carbonyl (C=O) groups excluding carboxylic acids is 1. The van der Waals surface area contributed by atoms with Gasteiger partial charge in [-0.05, 0) is 18.9 Å². The Bertz CT molecular complexity index is 617. The molecule has 0 aliphatic heterocycles. The number of carboxylic acids is 1. The highest BCUT2D eigenvalue weighted by molar-refractivity contribution is 5.81. The van der Waals surface area contributed by atoms with Crippen LogP contribution < -0.4 is 5.32 Å². The Morgan fingerprint density at radius 2 is 2.10 bits per heavy atom. The third-order valence-corrected chi connectivity index (χ3v) is 3.14. The monoisotopic (exact) mass is 275 g/mol. The fourth-order valence-electron chi connectivity index (χ4n) is 2.27. The van der Waals surface area contributed by atoms with Gasteiger partial charge in [0.25, 0.3) is 0 Å². The van der Waals surface area contributed by atoms with Crippen molar-refractivity contribution in [1.82, 2.24) is 5.32 Å². The number of hydrogen-bond acceptors (Lipinski definition) is 3. The minimum absolute atomic E-state index is 0.0285. The van der Waals surface area contributed by atoms with Crippen molar-refractivity contribution in [1.29, 1.82) is 0 Å². The Balaban J connectivity index is 2.13. The van der Waals surface area contributed by atoms with Crippen LogP contribution in [0.4, 0.5) is 0 Å². The van der Waals surface area contributed by atoms with Gasteiger partial charge in [0.15, 0.2) is 0 Å². The van der Waals surface area contributed by atoms with E-state index in [0.29, 0.717) is 12.8 Å². The number of furan rings is 1. The Labute approximate surface area is 116 Å². The molecule has 5 heteroatoms. The zero-order chi connectivity index (χ0) is 14.5. The number of nitrogens with one attached hydrogen (secondary N) is 1. The maximum absolute atomic E-state index is 11.2. The predicted molar refractivity (Wildman–Crippen MR) is 74.4 cm³/mol. The van der Waals surface area contributed by atoms with Gasteiger partial charge in [-0.15, -0.1) is 0 Å². The van der Waals surface area contributed by atoms with Crippen LogP contribution in [0, 0.1) is 0 Å². The van der Waals surface area contributed by atoms with Gasteiger partial charge >= 0.3 is 5.97 Å². The SMILES string of the molecule is CC(=O)NC(CCC(=O)O)Cc1coc2ccccc12. The maximum atomic E-state index is 11.2. The van der Waals surface area contributed by atoms with Gasteiger partial charge in [0.05, 0.1) is 6.26 Å². The van der Waals surface area contributed by atoms with Crippen LogP contribution in [-0.2, 0) is 16.0 Å². The van der Waals surface area contributed by atoms with E-state index in [4.69, 9.17) is 9.52 Å². The van der Waals surface area contributed by atoms with Crippen LogP contribution in [0.1, 0.15) is 25.3 Å². The predicted octanol–water partition coefficient (Wildman–Crippen LogP) is 2.34. The van der Waals surface area contributed by atoms with E-state index in [2.05, 4.69) is 5.32 Å². The lowest BCUT2D eigenvalue weighted by Crippen LogP contribution is -2.35. The smallest absolute Gasteiger partial charge is 0.303 e. The Morgan fingerprint density at radius 1 is 1.35 bits per heavy atom. The molecular formula is C15H17NO4. The summed E-state index contributed by atoms with van der Waals surface area (Å²) in [5, 5.41) is 12.6. The van der Waals surface area contributed by atoms with Crippen LogP contribution in [0.2, 0.25) is 0 Å². The second-order valence-corrected chi connectivity index (χ2v) is 4.79. The summed E-state index contributed by atoms with van der Waals surface area (Å²) in [7, 11) is 0. The van der Waals surface area contributed by atoms with E-state index in [1.807, 2.05) is 24.3 Å². The van der Waals surface area contributed by atoms with Gasteiger partial charge in [0.1, 0.15) is 5.58 Å². The number of carboxylic acid groups (broad SMARTS) is 1. The summed E-state index contributed by atoms with van der Waals surface area (Å²) < 4.78 is 5.45. The number of hydrogen-bond donors (Lipinski definition) is 2. The molecule has 20 heavy (non-hydrogen) atoms. The molecule has 1 aromatic heterocycles. The molecular weight excluding hydrogens is 258 g/mol. The molecule has 0 saturated carbocycles. The lowest BCUT2D eigenvalue weighted by molar-refractivity contribution is -0.137. The molecule has 0 radical (unpaired) electrons. The highest BCUT2D eigenvalue weighted by Gasteiger charge is 2.15. The second-order valence-electron chi connectivity index (χ2n) is 4.79. The number of aliphatic carboxylic acids is 1. The standard InChI is InChI=1S/C15H17NO4/c1-10(17)16-12(6-7-15(18)19)8-11-9-20-14-5-3-2-4-13(11)14/h2-5,9,12H,6-8H2,1H3,(H,16,17)(H,18,19). The summed E-state index contributed by atoms with van der Waals surface area (Å²) in [6.07, 6.45) is 2.65. The average molecular weight is 275 g/mol. The van der Waals surface area contributed by atoms with Crippen LogP contribution in [0.3, 0.4) is 0 Å². The lowest BCUT2D eigenvalue weighted by Gasteiger charge is -2.16. The third-order valence-electron chi connectivity index (χ3n) is 3.14. The number of carbonyl (C=O) groups is 2. The average Bonchev–Trinajstić information content (AvgIpc) is 2.79. The van der Waals surface area contributed by atoms with E-state index < -0.39 is 5.97 Å². The first kappa shape index (κ1) is 14.1. The molecule has 2 aromatic rings. The van der Waals surface area contributed by atoms with Gasteiger partial charge in [-0.2, -0.15) is 0 Å². The fraction of sp³-hybridized carbons (Fsp3) is 0.333. The molecule has 1 aromatic carbocycles. The number of rotatable bonds is 6. The first-order chi connectivity index (χ1) is 9.56. The molecule has 0 fully saturated rings. The van der Waals surface area contributed by atoms with Crippen molar-refractivity contribution in [2.24, 2.45) is 0 Å².